The van der Waals surface area contributed by atoms with Crippen molar-refractivity contribution >= 4 is 130 Å². The number of hydrogen-bond acceptors (Lipinski definition) is 9. The van der Waals surface area contributed by atoms with Crippen LogP contribution in [0.3, 0.4) is 0 Å². The maximum atomic E-state index is 14.4. The zero-order chi connectivity index (χ0) is 90.1. The molecule has 636 valence electrons. The summed E-state index contributed by atoms with van der Waals surface area (Å²) in [6.07, 6.45) is 14.3. The molecule has 0 saturated heterocycles. The maximum Gasteiger partial charge on any atom is 0.143 e. The zero-order valence-electron chi connectivity index (χ0n) is 73.2. The van der Waals surface area contributed by atoms with Crippen LogP contribution < -0.4 is 0 Å². The molecule has 0 aliphatic rings. The fourth-order valence-electron chi connectivity index (χ4n) is 19.7. The molecule has 13 heteroatoms. The van der Waals surface area contributed by atoms with Crippen molar-refractivity contribution in [2.24, 2.45) is 0 Å². The second-order valence-corrected chi connectivity index (χ2v) is 34.2. The summed E-state index contributed by atoms with van der Waals surface area (Å²) in [6.45, 7) is 0. The van der Waals surface area contributed by atoms with E-state index in [2.05, 4.69) is 377 Å². The third-order valence-corrected chi connectivity index (χ3v) is 26.2. The predicted octanol–water partition coefficient (Wildman–Crippen LogP) is 31.0. The molecule has 27 aromatic rings. The molecule has 0 saturated carbocycles. The van der Waals surface area contributed by atoms with Gasteiger partial charge in [0.2, 0.25) is 0 Å². The summed E-state index contributed by atoms with van der Waals surface area (Å²) in [6, 6.07) is 146. The van der Waals surface area contributed by atoms with Gasteiger partial charge in [-0.05, 0) is 256 Å². The molecule has 15 aromatic carbocycles. The average molecular weight is 1740 g/mol. The van der Waals surface area contributed by atoms with Crippen LogP contribution in [0, 0.1) is 5.82 Å². The van der Waals surface area contributed by atoms with E-state index in [-0.39, 0.29) is 5.82 Å². The van der Waals surface area contributed by atoms with Crippen molar-refractivity contribution in [3.05, 3.63) is 474 Å². The third kappa shape index (κ3) is 14.6. The summed E-state index contributed by atoms with van der Waals surface area (Å²) in [7, 11) is 0. The first kappa shape index (κ1) is 79.7. The van der Waals surface area contributed by atoms with Gasteiger partial charge in [-0.1, -0.05) is 255 Å². The van der Waals surface area contributed by atoms with Gasteiger partial charge in [0.05, 0.1) is 102 Å². The Balaban J connectivity index is 0.000000109. The highest BCUT2D eigenvalue weighted by atomic mass is 19.1. The van der Waals surface area contributed by atoms with Gasteiger partial charge in [-0.25, -0.2) is 19.3 Å². The standard InChI is InChI=1S/C41H25FN4.2C41H26N4/c42-31-24-40-41(44-25-31)35-9-3-4-11-39(35)46(40)32-17-14-26(15-18-32)30-22-37(45-38(23-30)36-10-5-6-20-43-36)29-16-19-34-28(21-29)13-12-27-7-1-2-8-33(27)34;1-2-8-33-28(7-1)12-13-29-23-30(16-19-34(29)33)38-24-31(25-39(44-38)37-10-5-6-21-43-37)27-14-17-32(18-15-27)45-40-11-4-3-9-35(40)36-26-42-22-20-41(36)45;1-2-8-33-28(7-1)12-13-29-23-30(16-19-34(29)33)38-24-31(25-39(44-38)37-10-5-6-21-43-37)27-14-17-32(18-15-27)45-40-11-4-3-9-35(40)36-20-22-42-26-41(36)45/h1-25H;2*1-26H. The topological polar surface area (TPSA) is 131 Å². The molecule has 0 unspecified atom stereocenters. The number of rotatable bonds is 12. The number of aromatic nitrogens is 12. The molecule has 0 atom stereocenters. The minimum atomic E-state index is -0.360. The number of fused-ring (bicyclic) bond motifs is 18. The lowest BCUT2D eigenvalue weighted by atomic mass is 9.97. The van der Waals surface area contributed by atoms with Crippen LogP contribution in [0.5, 0.6) is 0 Å². The Hall–Kier alpha value is -18.5. The van der Waals surface area contributed by atoms with E-state index in [0.29, 0.717) is 0 Å². The first-order valence-corrected chi connectivity index (χ1v) is 45.4. The summed E-state index contributed by atoms with van der Waals surface area (Å²) < 4.78 is 21.0. The van der Waals surface area contributed by atoms with Gasteiger partial charge in [-0.15, -0.1) is 0 Å². The summed E-state index contributed by atoms with van der Waals surface area (Å²) in [5.74, 6) is -0.360. The van der Waals surface area contributed by atoms with Gasteiger partial charge in [0, 0.05) is 104 Å². The predicted molar refractivity (Wildman–Crippen MR) is 556 cm³/mol. The van der Waals surface area contributed by atoms with Crippen LogP contribution in [-0.2, 0) is 0 Å². The summed E-state index contributed by atoms with van der Waals surface area (Å²) in [4.78, 5) is 42.5. The molecule has 0 N–H and O–H groups in total. The normalized spacial score (nSPS) is 11.6. The van der Waals surface area contributed by atoms with Gasteiger partial charge in [-0.3, -0.25) is 29.9 Å². The van der Waals surface area contributed by atoms with Gasteiger partial charge in [0.1, 0.15) is 5.82 Å². The Kier molecular flexibility index (Phi) is 19.8. The van der Waals surface area contributed by atoms with Crippen molar-refractivity contribution in [3.63, 3.8) is 0 Å². The first-order valence-electron chi connectivity index (χ1n) is 45.4. The number of pyridine rings is 9. The molecule has 136 heavy (non-hydrogen) atoms. The fraction of sp³-hybridized carbons (Fsp3) is 0. The van der Waals surface area contributed by atoms with E-state index >= 15 is 0 Å². The lowest BCUT2D eigenvalue weighted by Gasteiger charge is -2.12. The number of nitrogens with zero attached hydrogens (tertiary/aromatic N) is 12. The highest BCUT2D eigenvalue weighted by Gasteiger charge is 2.22. The van der Waals surface area contributed by atoms with Crippen molar-refractivity contribution in [2.45, 2.75) is 0 Å². The fourth-order valence-corrected chi connectivity index (χ4v) is 19.7. The van der Waals surface area contributed by atoms with E-state index in [1.165, 1.54) is 98.0 Å². The van der Waals surface area contributed by atoms with Crippen LogP contribution in [-0.4, -0.2) is 58.6 Å². The molecule has 12 nitrogen and oxygen atoms in total. The Morgan fingerprint density at radius 1 is 0.169 bits per heavy atom. The van der Waals surface area contributed by atoms with Gasteiger partial charge in [-0.2, -0.15) is 0 Å². The molecule has 0 aliphatic heterocycles. The average Bonchev–Trinajstić information content (AvgIpc) is 1.40. The number of para-hydroxylation sites is 3. The molecule has 0 fully saturated rings. The Bertz CT molecular complexity index is 8900. The summed E-state index contributed by atoms with van der Waals surface area (Å²) >= 11 is 0. The summed E-state index contributed by atoms with van der Waals surface area (Å²) in [5.41, 5.74) is 27.6. The minimum absolute atomic E-state index is 0.360. The zero-order valence-corrected chi connectivity index (χ0v) is 73.2. The van der Waals surface area contributed by atoms with Crippen LogP contribution in [0.4, 0.5) is 4.39 Å². The van der Waals surface area contributed by atoms with Crippen molar-refractivity contribution in [3.8, 4) is 118 Å². The van der Waals surface area contributed by atoms with E-state index in [1.54, 1.807) is 12.3 Å². The minimum Gasteiger partial charge on any atom is -0.309 e. The van der Waals surface area contributed by atoms with Crippen LogP contribution in [0.1, 0.15) is 0 Å². The van der Waals surface area contributed by atoms with Crippen LogP contribution in [0.2, 0.25) is 0 Å². The highest BCUT2D eigenvalue weighted by Crippen LogP contribution is 2.42. The van der Waals surface area contributed by atoms with E-state index in [4.69, 9.17) is 15.0 Å². The second kappa shape index (κ2) is 33.8. The van der Waals surface area contributed by atoms with E-state index in [0.717, 1.165) is 157 Å². The van der Waals surface area contributed by atoms with Crippen LogP contribution >= 0.6 is 0 Å². The molecular formula is C123H77FN12. The second-order valence-electron chi connectivity index (χ2n) is 34.2. The van der Waals surface area contributed by atoms with Crippen LogP contribution in [0.15, 0.2) is 468 Å². The highest BCUT2D eigenvalue weighted by molar-refractivity contribution is 6.14. The lowest BCUT2D eigenvalue weighted by molar-refractivity contribution is 0.624. The molecule has 12 heterocycles. The molecule has 0 bridgehead atoms. The molecule has 27 rings (SSSR count). The first-order chi connectivity index (χ1) is 67.3. The van der Waals surface area contributed by atoms with E-state index < -0.39 is 0 Å². The Morgan fingerprint density at radius 3 is 0.912 bits per heavy atom. The Morgan fingerprint density at radius 2 is 0.485 bits per heavy atom. The van der Waals surface area contributed by atoms with E-state index in [9.17, 15) is 4.39 Å². The van der Waals surface area contributed by atoms with Crippen LogP contribution in [0.25, 0.3) is 249 Å². The molecular weight excluding hydrogens is 1660 g/mol. The third-order valence-electron chi connectivity index (χ3n) is 26.2. The van der Waals surface area contributed by atoms with Crippen molar-refractivity contribution in [2.75, 3.05) is 0 Å². The summed E-state index contributed by atoms with van der Waals surface area (Å²) in [5, 5.41) is 20.5. The SMILES string of the molecule is Fc1cnc2c3ccccc3n(-c3ccc(-c4cc(-c5ccc6c(ccc7ccccc76)c5)nc(-c5ccccn5)c4)cc3)c2c1.c1ccc(-c2cc(-c3ccc(-n4c5ccccc5c5ccncc54)cc3)cc(-c3ccc4c(ccc5ccccc54)c3)n2)nc1.c1ccc(-c2cc(-c3ccc(-n4c5ccccc5c5cnccc54)cc3)cc(-c3ccc4c(ccc5ccccc54)c3)n2)nc1. The smallest absolute Gasteiger partial charge is 0.143 e. The number of benzene rings is 15. The molecule has 0 aliphatic carbocycles. The molecule has 12 aromatic heterocycles. The van der Waals surface area contributed by atoms with Gasteiger partial charge in [0.15, 0.2) is 0 Å². The monoisotopic (exact) mass is 1740 g/mol. The van der Waals surface area contributed by atoms with Crippen molar-refractivity contribution in [1.29, 1.82) is 0 Å². The van der Waals surface area contributed by atoms with Gasteiger partial charge >= 0.3 is 0 Å². The van der Waals surface area contributed by atoms with E-state index in [1.807, 2.05) is 116 Å². The van der Waals surface area contributed by atoms with Gasteiger partial charge in [0.25, 0.3) is 0 Å². The number of halogens is 1. The number of hydrogen-bond donors (Lipinski definition) is 0. The molecule has 0 amide bonds. The van der Waals surface area contributed by atoms with Gasteiger partial charge < -0.3 is 13.7 Å². The van der Waals surface area contributed by atoms with Crippen molar-refractivity contribution in [1.82, 2.24) is 58.6 Å². The molecule has 0 spiro atoms. The van der Waals surface area contributed by atoms with Crippen molar-refractivity contribution < 1.29 is 4.39 Å². The largest absolute Gasteiger partial charge is 0.309 e. The quantitative estimate of drug-likeness (QED) is 0.110. The maximum absolute atomic E-state index is 14.4. The Labute approximate surface area is 780 Å². The molecule has 0 radical (unpaired) electrons. The lowest BCUT2D eigenvalue weighted by Crippen LogP contribution is -1.95.